The molecule has 2 aromatic carbocycles. The van der Waals surface area contributed by atoms with Gasteiger partial charge in [0.2, 0.25) is 5.91 Å². The van der Waals surface area contributed by atoms with Crippen LogP contribution in [0.5, 0.6) is 5.75 Å². The molecule has 2 atom stereocenters. The Morgan fingerprint density at radius 1 is 1.08 bits per heavy atom. The standard InChI is InChI=1S/C31H36N2O4S/c1-21-6-9-24(10-7-21)31(35)32(18-25-5-4-15-36-25)19-30(34)33-14-12-29-26(13-16-38-29)27(33)20-37-28-11-8-22(2)17-23(28)3/h6-11,13,16-17,25,27H,4-5,12,14-15,18-20H2,1-3H3. The summed E-state index contributed by atoms with van der Waals surface area (Å²) >= 11 is 1.73. The number of hydrogen-bond acceptors (Lipinski definition) is 5. The van der Waals surface area contributed by atoms with Crippen molar-refractivity contribution in [2.24, 2.45) is 0 Å². The van der Waals surface area contributed by atoms with E-state index < -0.39 is 0 Å². The Hall–Kier alpha value is -3.16. The largest absolute Gasteiger partial charge is 0.491 e. The summed E-state index contributed by atoms with van der Waals surface area (Å²) in [5.41, 5.74) is 5.10. The first-order valence-corrected chi connectivity index (χ1v) is 14.3. The molecule has 1 fully saturated rings. The van der Waals surface area contributed by atoms with Crippen molar-refractivity contribution >= 4 is 23.2 Å². The highest BCUT2D eigenvalue weighted by Crippen LogP contribution is 2.34. The van der Waals surface area contributed by atoms with E-state index in [0.717, 1.165) is 41.7 Å². The Kier molecular flexibility index (Phi) is 8.15. The van der Waals surface area contributed by atoms with Gasteiger partial charge in [0.1, 0.15) is 18.9 Å². The Balaban J connectivity index is 1.36. The molecule has 0 radical (unpaired) electrons. The van der Waals surface area contributed by atoms with Crippen LogP contribution in [0.4, 0.5) is 0 Å². The van der Waals surface area contributed by atoms with E-state index in [1.54, 1.807) is 16.2 Å². The van der Waals surface area contributed by atoms with E-state index >= 15 is 0 Å². The van der Waals surface area contributed by atoms with E-state index in [2.05, 4.69) is 24.4 Å². The molecule has 3 heterocycles. The van der Waals surface area contributed by atoms with Gasteiger partial charge >= 0.3 is 0 Å². The molecule has 3 aromatic rings. The number of rotatable bonds is 8. The topological polar surface area (TPSA) is 59.1 Å². The predicted octanol–water partition coefficient (Wildman–Crippen LogP) is 5.50. The minimum atomic E-state index is -0.197. The van der Waals surface area contributed by atoms with E-state index in [0.29, 0.717) is 31.9 Å². The van der Waals surface area contributed by atoms with Crippen molar-refractivity contribution in [2.75, 3.05) is 32.8 Å². The lowest BCUT2D eigenvalue weighted by Crippen LogP contribution is -2.49. The first kappa shape index (κ1) is 26.4. The van der Waals surface area contributed by atoms with Crippen LogP contribution in [-0.2, 0) is 16.0 Å². The van der Waals surface area contributed by atoms with E-state index in [1.165, 1.54) is 10.4 Å². The van der Waals surface area contributed by atoms with Crippen molar-refractivity contribution in [1.29, 1.82) is 0 Å². The number of nitrogens with zero attached hydrogens (tertiary/aromatic N) is 2. The minimum absolute atomic E-state index is 0.0199. The normalized spacial score (nSPS) is 18.8. The molecule has 1 saturated heterocycles. The first-order valence-electron chi connectivity index (χ1n) is 13.4. The average Bonchev–Trinajstić information content (AvgIpc) is 3.60. The van der Waals surface area contributed by atoms with Crippen LogP contribution in [0.2, 0.25) is 0 Å². The summed E-state index contributed by atoms with van der Waals surface area (Å²) in [4.78, 5) is 32.3. The smallest absolute Gasteiger partial charge is 0.254 e. The summed E-state index contributed by atoms with van der Waals surface area (Å²) in [7, 11) is 0. The van der Waals surface area contributed by atoms with Crippen LogP contribution in [0.3, 0.4) is 0 Å². The molecule has 0 N–H and O–H groups in total. The second-order valence-corrected chi connectivity index (χ2v) is 11.4. The lowest BCUT2D eigenvalue weighted by atomic mass is 10.00. The number of fused-ring (bicyclic) bond motifs is 1. The third kappa shape index (κ3) is 5.94. The molecule has 38 heavy (non-hydrogen) atoms. The number of amides is 2. The highest BCUT2D eigenvalue weighted by atomic mass is 32.1. The van der Waals surface area contributed by atoms with Gasteiger partial charge < -0.3 is 19.3 Å². The summed E-state index contributed by atoms with van der Waals surface area (Å²) < 4.78 is 12.1. The number of carbonyl (C=O) groups is 2. The zero-order chi connectivity index (χ0) is 26.6. The van der Waals surface area contributed by atoms with Crippen molar-refractivity contribution < 1.29 is 19.1 Å². The molecule has 0 aliphatic carbocycles. The zero-order valence-corrected chi connectivity index (χ0v) is 23.3. The number of benzene rings is 2. The monoisotopic (exact) mass is 532 g/mol. The highest BCUT2D eigenvalue weighted by Gasteiger charge is 2.34. The molecule has 0 spiro atoms. The molecule has 6 nitrogen and oxygen atoms in total. The number of ether oxygens (including phenoxy) is 2. The fraction of sp³-hybridized carbons (Fsp3) is 0.419. The lowest BCUT2D eigenvalue weighted by molar-refractivity contribution is -0.135. The molecule has 2 amide bonds. The molecule has 2 unspecified atom stereocenters. The van der Waals surface area contributed by atoms with Crippen molar-refractivity contribution in [3.63, 3.8) is 0 Å². The van der Waals surface area contributed by atoms with Gasteiger partial charge in [-0.15, -0.1) is 11.3 Å². The van der Waals surface area contributed by atoms with Gasteiger partial charge in [0.25, 0.3) is 5.91 Å². The molecule has 200 valence electrons. The Morgan fingerprint density at radius 3 is 2.61 bits per heavy atom. The van der Waals surface area contributed by atoms with Gasteiger partial charge in [0.05, 0.1) is 12.1 Å². The second kappa shape index (κ2) is 11.7. The Bertz CT molecular complexity index is 1280. The van der Waals surface area contributed by atoms with Crippen LogP contribution in [-0.4, -0.2) is 60.6 Å². The van der Waals surface area contributed by atoms with Gasteiger partial charge in [-0.25, -0.2) is 0 Å². The fourth-order valence-electron chi connectivity index (χ4n) is 5.39. The Morgan fingerprint density at radius 2 is 1.87 bits per heavy atom. The van der Waals surface area contributed by atoms with Crippen LogP contribution < -0.4 is 4.74 Å². The molecule has 0 bridgehead atoms. The lowest BCUT2D eigenvalue weighted by Gasteiger charge is -2.37. The summed E-state index contributed by atoms with van der Waals surface area (Å²) in [5.74, 6) is 0.639. The molecule has 2 aliphatic heterocycles. The quantitative estimate of drug-likeness (QED) is 0.385. The average molecular weight is 533 g/mol. The number of hydrogen-bond donors (Lipinski definition) is 0. The molecule has 0 saturated carbocycles. The van der Waals surface area contributed by atoms with Gasteiger partial charge in [-0.3, -0.25) is 9.59 Å². The molecular formula is C31H36N2O4S. The second-order valence-electron chi connectivity index (χ2n) is 10.4. The summed E-state index contributed by atoms with van der Waals surface area (Å²) in [5, 5.41) is 2.09. The number of carbonyl (C=O) groups excluding carboxylic acids is 2. The maximum atomic E-state index is 13.9. The molecule has 2 aliphatic rings. The van der Waals surface area contributed by atoms with Gasteiger partial charge in [0.15, 0.2) is 0 Å². The maximum absolute atomic E-state index is 13.9. The van der Waals surface area contributed by atoms with Crippen molar-refractivity contribution in [2.45, 2.75) is 52.2 Å². The van der Waals surface area contributed by atoms with Crippen LogP contribution >= 0.6 is 11.3 Å². The predicted molar refractivity (Wildman–Crippen MR) is 150 cm³/mol. The summed E-state index contributed by atoms with van der Waals surface area (Å²) in [6, 6.07) is 15.6. The van der Waals surface area contributed by atoms with Gasteiger partial charge in [0, 0.05) is 30.1 Å². The Labute approximate surface area is 229 Å². The van der Waals surface area contributed by atoms with Gasteiger partial charge in [-0.05, 0) is 80.8 Å². The van der Waals surface area contributed by atoms with E-state index in [9.17, 15) is 9.59 Å². The van der Waals surface area contributed by atoms with Crippen molar-refractivity contribution in [3.05, 3.63) is 86.6 Å². The highest BCUT2D eigenvalue weighted by molar-refractivity contribution is 7.10. The van der Waals surface area contributed by atoms with Crippen LogP contribution in [0.1, 0.15) is 56.4 Å². The SMILES string of the molecule is Cc1ccc(C(=O)N(CC(=O)N2CCc3sccc3C2COc2ccc(C)cc2C)CC2CCCO2)cc1. The van der Waals surface area contributed by atoms with E-state index in [-0.39, 0.29) is 30.5 Å². The maximum Gasteiger partial charge on any atom is 0.254 e. The zero-order valence-electron chi connectivity index (χ0n) is 22.4. The van der Waals surface area contributed by atoms with Crippen molar-refractivity contribution in [1.82, 2.24) is 9.80 Å². The van der Waals surface area contributed by atoms with E-state index in [4.69, 9.17) is 9.47 Å². The number of aryl methyl sites for hydroxylation is 3. The molecule has 1 aromatic heterocycles. The van der Waals surface area contributed by atoms with Crippen molar-refractivity contribution in [3.8, 4) is 5.75 Å². The van der Waals surface area contributed by atoms with Crippen LogP contribution in [0.25, 0.3) is 0 Å². The minimum Gasteiger partial charge on any atom is -0.491 e. The fourth-order valence-corrected chi connectivity index (χ4v) is 6.32. The van der Waals surface area contributed by atoms with E-state index in [1.807, 2.05) is 55.1 Å². The third-order valence-corrected chi connectivity index (χ3v) is 8.50. The summed E-state index contributed by atoms with van der Waals surface area (Å²) in [6.07, 6.45) is 2.66. The number of thiophene rings is 1. The van der Waals surface area contributed by atoms with Crippen LogP contribution in [0, 0.1) is 20.8 Å². The molecule has 7 heteroatoms. The summed E-state index contributed by atoms with van der Waals surface area (Å²) in [6.45, 7) is 8.23. The van der Waals surface area contributed by atoms with Gasteiger partial charge in [-0.2, -0.15) is 0 Å². The molecule has 5 rings (SSSR count). The molecular weight excluding hydrogens is 496 g/mol. The third-order valence-electron chi connectivity index (χ3n) is 7.50. The van der Waals surface area contributed by atoms with Crippen LogP contribution in [0.15, 0.2) is 53.9 Å². The van der Waals surface area contributed by atoms with Gasteiger partial charge in [-0.1, -0.05) is 35.4 Å². The first-order chi connectivity index (χ1) is 18.4.